The Hall–Kier alpha value is -3.14. The minimum atomic E-state index is -3.76. The SMILES string of the molecule is CC(C)(C)C(OCC1OC(n2ccc(N)nc2=O)C(F)(F)C1O)(c1ccccc1)c1ccccc1. The van der Waals surface area contributed by atoms with Crippen molar-refractivity contribution in [3.63, 3.8) is 0 Å². The van der Waals surface area contributed by atoms with Gasteiger partial charge in [-0.3, -0.25) is 4.57 Å². The second-order valence-corrected chi connectivity index (χ2v) is 9.66. The normalized spacial score (nSPS) is 22.3. The second-order valence-electron chi connectivity index (χ2n) is 9.66. The van der Waals surface area contributed by atoms with Crippen LogP contribution in [0.3, 0.4) is 0 Å². The Morgan fingerprint density at radius 2 is 1.60 bits per heavy atom. The van der Waals surface area contributed by atoms with Gasteiger partial charge in [0.25, 0.3) is 0 Å². The van der Waals surface area contributed by atoms with E-state index in [9.17, 15) is 9.90 Å². The molecule has 3 unspecified atom stereocenters. The fourth-order valence-electron chi connectivity index (χ4n) is 4.68. The number of hydrogen-bond donors (Lipinski definition) is 2. The average molecular weight is 486 g/mol. The van der Waals surface area contributed by atoms with Crippen LogP contribution in [0.2, 0.25) is 0 Å². The lowest BCUT2D eigenvalue weighted by molar-refractivity contribution is -0.147. The monoisotopic (exact) mass is 485 g/mol. The Kier molecular flexibility index (Phi) is 6.52. The van der Waals surface area contributed by atoms with E-state index in [-0.39, 0.29) is 12.4 Å². The molecule has 4 rings (SSSR count). The number of rotatable bonds is 6. The molecule has 0 radical (unpaired) electrons. The first-order valence-corrected chi connectivity index (χ1v) is 11.3. The van der Waals surface area contributed by atoms with Crippen LogP contribution in [0.15, 0.2) is 77.7 Å². The van der Waals surface area contributed by atoms with Crippen LogP contribution in [0.1, 0.15) is 38.1 Å². The van der Waals surface area contributed by atoms with Crippen molar-refractivity contribution in [2.75, 3.05) is 12.3 Å². The number of nitrogen functional groups attached to an aromatic ring is 1. The lowest BCUT2D eigenvalue weighted by atomic mass is 9.68. The molecule has 7 nitrogen and oxygen atoms in total. The van der Waals surface area contributed by atoms with Crippen molar-refractivity contribution in [3.05, 3.63) is 94.5 Å². The molecule has 9 heteroatoms. The Morgan fingerprint density at radius 1 is 1.06 bits per heavy atom. The van der Waals surface area contributed by atoms with Crippen LogP contribution in [0.4, 0.5) is 14.6 Å². The van der Waals surface area contributed by atoms with Gasteiger partial charge >= 0.3 is 11.6 Å². The van der Waals surface area contributed by atoms with Crippen LogP contribution in [0.25, 0.3) is 0 Å². The van der Waals surface area contributed by atoms with Crippen molar-refractivity contribution in [2.45, 2.75) is 50.7 Å². The van der Waals surface area contributed by atoms with Crippen LogP contribution >= 0.6 is 0 Å². The second kappa shape index (κ2) is 9.14. The van der Waals surface area contributed by atoms with E-state index in [2.05, 4.69) is 4.98 Å². The molecule has 1 aromatic heterocycles. The van der Waals surface area contributed by atoms with E-state index in [0.29, 0.717) is 4.57 Å². The summed E-state index contributed by atoms with van der Waals surface area (Å²) in [5.41, 5.74) is 4.55. The van der Waals surface area contributed by atoms with Gasteiger partial charge in [0, 0.05) is 6.20 Å². The van der Waals surface area contributed by atoms with Crippen molar-refractivity contribution in [2.24, 2.45) is 5.41 Å². The maximum atomic E-state index is 15.1. The van der Waals surface area contributed by atoms with Crippen LogP contribution in [0.5, 0.6) is 0 Å². The molecule has 3 atom stereocenters. The van der Waals surface area contributed by atoms with Gasteiger partial charge in [0.2, 0.25) is 6.23 Å². The van der Waals surface area contributed by atoms with Crippen molar-refractivity contribution in [3.8, 4) is 0 Å². The van der Waals surface area contributed by atoms with Crippen molar-refractivity contribution in [1.29, 1.82) is 0 Å². The smallest absolute Gasteiger partial charge is 0.351 e. The molecule has 0 aliphatic carbocycles. The first-order valence-electron chi connectivity index (χ1n) is 11.3. The van der Waals surface area contributed by atoms with Gasteiger partial charge < -0.3 is 20.3 Å². The Labute approximate surface area is 202 Å². The summed E-state index contributed by atoms with van der Waals surface area (Å²) < 4.78 is 42.8. The van der Waals surface area contributed by atoms with Crippen molar-refractivity contribution in [1.82, 2.24) is 9.55 Å². The molecule has 1 aliphatic heterocycles. The van der Waals surface area contributed by atoms with Gasteiger partial charge in [-0.15, -0.1) is 0 Å². The van der Waals surface area contributed by atoms with Gasteiger partial charge in [-0.2, -0.15) is 13.8 Å². The number of benzene rings is 2. The third-order valence-corrected chi connectivity index (χ3v) is 6.36. The molecule has 0 bridgehead atoms. The van der Waals surface area contributed by atoms with Gasteiger partial charge in [0.1, 0.15) is 17.5 Å². The number of alkyl halides is 2. The highest BCUT2D eigenvalue weighted by molar-refractivity contribution is 5.39. The van der Waals surface area contributed by atoms with E-state index in [1.165, 1.54) is 6.07 Å². The number of nitrogens with zero attached hydrogens (tertiary/aromatic N) is 2. The van der Waals surface area contributed by atoms with Crippen LogP contribution in [-0.4, -0.2) is 39.4 Å². The lowest BCUT2D eigenvalue weighted by Crippen LogP contribution is -2.47. The third kappa shape index (κ3) is 4.35. The quantitative estimate of drug-likeness (QED) is 0.552. The molecule has 0 amide bonds. The summed E-state index contributed by atoms with van der Waals surface area (Å²) in [6.45, 7) is 5.63. The topological polar surface area (TPSA) is 99.6 Å². The summed E-state index contributed by atoms with van der Waals surface area (Å²) in [6, 6.07) is 20.2. The molecule has 0 saturated carbocycles. The summed E-state index contributed by atoms with van der Waals surface area (Å²) >= 11 is 0. The highest BCUT2D eigenvalue weighted by Gasteiger charge is 2.60. The molecule has 1 saturated heterocycles. The first kappa shape index (κ1) is 25.0. The molecule has 2 aromatic carbocycles. The summed E-state index contributed by atoms with van der Waals surface area (Å²) in [5, 5.41) is 10.5. The van der Waals surface area contributed by atoms with Gasteiger partial charge in [-0.05, 0) is 22.6 Å². The van der Waals surface area contributed by atoms with Crippen LogP contribution in [0, 0.1) is 5.41 Å². The molecular formula is C26H29F2N3O4. The molecule has 3 aromatic rings. The Balaban J connectivity index is 1.71. The predicted molar refractivity (Wildman–Crippen MR) is 127 cm³/mol. The number of hydrogen-bond acceptors (Lipinski definition) is 6. The van der Waals surface area contributed by atoms with E-state index in [1.807, 2.05) is 81.4 Å². The zero-order valence-corrected chi connectivity index (χ0v) is 19.8. The molecule has 0 spiro atoms. The highest BCUT2D eigenvalue weighted by atomic mass is 19.3. The predicted octanol–water partition coefficient (Wildman–Crippen LogP) is 3.73. The van der Waals surface area contributed by atoms with Crippen molar-refractivity contribution >= 4 is 5.82 Å². The van der Waals surface area contributed by atoms with E-state index >= 15 is 8.78 Å². The number of anilines is 1. The number of nitrogens with two attached hydrogens (primary N) is 1. The minimum Gasteiger partial charge on any atom is -0.384 e. The van der Waals surface area contributed by atoms with E-state index in [1.54, 1.807) is 0 Å². The van der Waals surface area contributed by atoms with Crippen LogP contribution < -0.4 is 11.4 Å². The first-order chi connectivity index (χ1) is 16.5. The molecular weight excluding hydrogens is 456 g/mol. The molecule has 1 aliphatic rings. The molecule has 1 fully saturated rings. The van der Waals surface area contributed by atoms with Gasteiger partial charge in [0.05, 0.1) is 6.61 Å². The highest BCUT2D eigenvalue weighted by Crippen LogP contribution is 2.49. The Morgan fingerprint density at radius 3 is 2.09 bits per heavy atom. The standard InChI is InChI=1S/C26H29F2N3O4/c1-24(2,3)25(17-10-6-4-7-11-17,18-12-8-5-9-13-18)34-16-19-21(32)26(27,28)22(35-19)31-15-14-20(29)30-23(31)33/h4-15,19,21-22,32H,16H2,1-3H3,(H2,29,30,33). The number of halogens is 2. The van der Waals surface area contributed by atoms with Gasteiger partial charge in [-0.25, -0.2) is 4.79 Å². The maximum absolute atomic E-state index is 15.1. The van der Waals surface area contributed by atoms with Crippen LogP contribution in [-0.2, 0) is 15.1 Å². The summed E-state index contributed by atoms with van der Waals surface area (Å²) in [7, 11) is 0. The third-order valence-electron chi connectivity index (χ3n) is 6.36. The number of aliphatic hydroxyl groups excluding tert-OH is 1. The summed E-state index contributed by atoms with van der Waals surface area (Å²) in [5.74, 6) is -3.87. The van der Waals surface area contributed by atoms with Gasteiger partial charge in [-0.1, -0.05) is 81.4 Å². The molecule has 35 heavy (non-hydrogen) atoms. The summed E-state index contributed by atoms with van der Waals surface area (Å²) in [4.78, 5) is 15.7. The number of aromatic nitrogens is 2. The molecule has 3 N–H and O–H groups in total. The average Bonchev–Trinajstić information content (AvgIpc) is 3.03. The lowest BCUT2D eigenvalue weighted by Gasteiger charge is -2.46. The van der Waals surface area contributed by atoms with Gasteiger partial charge in [0.15, 0.2) is 6.10 Å². The largest absolute Gasteiger partial charge is 0.384 e. The zero-order valence-electron chi connectivity index (χ0n) is 19.8. The fourth-order valence-corrected chi connectivity index (χ4v) is 4.68. The fraction of sp³-hybridized carbons (Fsp3) is 0.385. The maximum Gasteiger partial charge on any atom is 0.351 e. The number of ether oxygens (including phenoxy) is 2. The number of aliphatic hydroxyl groups is 1. The Bertz CT molecular complexity index is 1170. The van der Waals surface area contributed by atoms with Crippen molar-refractivity contribution < 1.29 is 23.4 Å². The van der Waals surface area contributed by atoms with E-state index in [4.69, 9.17) is 15.2 Å². The minimum absolute atomic E-state index is 0.103. The zero-order chi connectivity index (χ0) is 25.4. The molecule has 2 heterocycles. The molecule has 186 valence electrons. The van der Waals surface area contributed by atoms with E-state index < -0.39 is 41.1 Å². The summed E-state index contributed by atoms with van der Waals surface area (Å²) in [6.07, 6.45) is -4.59. The van der Waals surface area contributed by atoms with E-state index in [0.717, 1.165) is 17.3 Å².